The molecule has 1 unspecified atom stereocenters. The number of rotatable bonds is 6. The highest BCUT2D eigenvalue weighted by molar-refractivity contribution is 9.09. The zero-order valence-corrected chi connectivity index (χ0v) is 15.0. The summed E-state index contributed by atoms with van der Waals surface area (Å²) in [5.74, 6) is 0.145. The molecule has 1 aromatic rings. The molecule has 1 N–H and O–H groups in total. The third kappa shape index (κ3) is 5.54. The minimum atomic E-state index is -3.31. The molecule has 0 radical (unpaired) electrons. The van der Waals surface area contributed by atoms with Crippen LogP contribution < -0.4 is 4.72 Å². The summed E-state index contributed by atoms with van der Waals surface area (Å²) in [6.45, 7) is 8.03. The summed E-state index contributed by atoms with van der Waals surface area (Å²) < 4.78 is 27.4. The summed E-state index contributed by atoms with van der Waals surface area (Å²) >= 11 is 3.43. The van der Waals surface area contributed by atoms with Crippen LogP contribution in [-0.2, 0) is 15.6 Å². The molecule has 0 amide bonds. The molecule has 1 aromatic carbocycles. The van der Waals surface area contributed by atoms with Crippen molar-refractivity contribution < 1.29 is 8.42 Å². The predicted octanol–water partition coefficient (Wildman–Crippen LogP) is 3.65. The zero-order chi connectivity index (χ0) is 15.4. The Morgan fingerprint density at radius 2 is 1.65 bits per heavy atom. The highest BCUT2D eigenvalue weighted by Crippen LogP contribution is 2.25. The third-order valence-electron chi connectivity index (χ3n) is 3.18. The molecule has 0 saturated carbocycles. The Morgan fingerprint density at radius 1 is 1.10 bits per heavy atom. The van der Waals surface area contributed by atoms with Crippen LogP contribution in [0, 0.1) is 5.41 Å². The molecule has 3 nitrogen and oxygen atoms in total. The second-order valence-electron chi connectivity index (χ2n) is 6.56. The maximum Gasteiger partial charge on any atom is 0.212 e. The average Bonchev–Trinajstić information content (AvgIpc) is 2.36. The van der Waals surface area contributed by atoms with Gasteiger partial charge in [0.25, 0.3) is 0 Å². The topological polar surface area (TPSA) is 46.2 Å². The van der Waals surface area contributed by atoms with Gasteiger partial charge in [-0.05, 0) is 24.3 Å². The van der Waals surface area contributed by atoms with Crippen molar-refractivity contribution in [1.29, 1.82) is 0 Å². The van der Waals surface area contributed by atoms with Gasteiger partial charge in [-0.15, -0.1) is 0 Å². The highest BCUT2D eigenvalue weighted by atomic mass is 79.9. The lowest BCUT2D eigenvalue weighted by molar-refractivity contribution is 0.393. The van der Waals surface area contributed by atoms with Gasteiger partial charge in [-0.1, -0.05) is 67.0 Å². The van der Waals surface area contributed by atoms with Gasteiger partial charge in [0.05, 0.1) is 11.3 Å². The first-order chi connectivity index (χ1) is 9.08. The molecule has 1 rings (SSSR count). The number of nitrogens with one attached hydrogen (secondary N) is 1. The van der Waals surface area contributed by atoms with Gasteiger partial charge in [0.1, 0.15) is 0 Å². The minimum absolute atomic E-state index is 0.00625. The van der Waals surface area contributed by atoms with Crippen molar-refractivity contribution in [2.75, 3.05) is 11.1 Å². The number of sulfonamides is 1. The first-order valence-corrected chi connectivity index (χ1v) is 9.48. The van der Waals surface area contributed by atoms with Crippen LogP contribution in [0.1, 0.15) is 39.7 Å². The lowest BCUT2D eigenvalue weighted by Gasteiger charge is -2.30. The van der Waals surface area contributed by atoms with E-state index in [9.17, 15) is 8.42 Å². The number of benzene rings is 1. The van der Waals surface area contributed by atoms with E-state index in [0.29, 0.717) is 11.8 Å². The van der Waals surface area contributed by atoms with Gasteiger partial charge in [-0.25, -0.2) is 13.1 Å². The zero-order valence-electron chi connectivity index (χ0n) is 12.6. The van der Waals surface area contributed by atoms with Gasteiger partial charge < -0.3 is 0 Å². The maximum absolute atomic E-state index is 12.3. The van der Waals surface area contributed by atoms with Crippen LogP contribution in [0.3, 0.4) is 0 Å². The summed E-state index contributed by atoms with van der Waals surface area (Å²) in [4.78, 5) is 0. The van der Waals surface area contributed by atoms with Crippen molar-refractivity contribution in [3.8, 4) is 0 Å². The number of alkyl halides is 1. The molecule has 0 aliphatic carbocycles. The Hall–Kier alpha value is -0.390. The van der Waals surface area contributed by atoms with Crippen molar-refractivity contribution in [2.24, 2.45) is 5.41 Å². The smallest absolute Gasteiger partial charge is 0.212 e. The van der Waals surface area contributed by atoms with Crippen molar-refractivity contribution in [3.63, 3.8) is 0 Å². The van der Waals surface area contributed by atoms with Crippen LogP contribution in [0.25, 0.3) is 0 Å². The van der Waals surface area contributed by atoms with Crippen LogP contribution in [-0.4, -0.2) is 19.5 Å². The molecule has 1 atom stereocenters. The molecule has 0 bridgehead atoms. The van der Waals surface area contributed by atoms with E-state index in [-0.39, 0.29) is 11.2 Å². The molecule has 0 fully saturated rings. The van der Waals surface area contributed by atoms with Gasteiger partial charge >= 0.3 is 0 Å². The monoisotopic (exact) mass is 361 g/mol. The normalized spacial score (nSPS) is 15.8. The molecule has 20 heavy (non-hydrogen) atoms. The lowest BCUT2D eigenvalue weighted by Crippen LogP contribution is -2.46. The molecule has 0 aliphatic rings. The summed E-state index contributed by atoms with van der Waals surface area (Å²) in [5.41, 5.74) is 0.334. The number of halogens is 1. The first-order valence-electron chi connectivity index (χ1n) is 6.71. The van der Waals surface area contributed by atoms with Crippen LogP contribution in [0.5, 0.6) is 0 Å². The van der Waals surface area contributed by atoms with Crippen molar-refractivity contribution in [1.82, 2.24) is 4.72 Å². The van der Waals surface area contributed by atoms with Crippen molar-refractivity contribution in [2.45, 2.75) is 39.7 Å². The molecule has 0 spiro atoms. The van der Waals surface area contributed by atoms with Gasteiger partial charge in [0.15, 0.2) is 0 Å². The van der Waals surface area contributed by atoms with Gasteiger partial charge in [0, 0.05) is 5.33 Å². The van der Waals surface area contributed by atoms with E-state index in [1.165, 1.54) is 0 Å². The summed E-state index contributed by atoms with van der Waals surface area (Å²) in [7, 11) is -3.31. The Balaban J connectivity index is 2.88. The van der Waals surface area contributed by atoms with Crippen molar-refractivity contribution >= 4 is 26.0 Å². The molecular formula is C15H24BrNO2S. The van der Waals surface area contributed by atoms with Gasteiger partial charge in [-0.2, -0.15) is 0 Å². The summed E-state index contributed by atoms with van der Waals surface area (Å²) in [6, 6.07) is 9.63. The molecule has 114 valence electrons. The molecule has 0 aromatic heterocycles. The Kier molecular flexibility index (Phi) is 5.81. The summed E-state index contributed by atoms with van der Waals surface area (Å²) in [5, 5.41) is 0.527. The first kappa shape index (κ1) is 17.7. The van der Waals surface area contributed by atoms with Crippen molar-refractivity contribution in [3.05, 3.63) is 35.9 Å². The highest BCUT2D eigenvalue weighted by Gasteiger charge is 2.31. The Morgan fingerprint density at radius 3 is 2.10 bits per heavy atom. The minimum Gasteiger partial charge on any atom is -0.212 e. The second kappa shape index (κ2) is 6.58. The molecule has 0 saturated heterocycles. The average molecular weight is 362 g/mol. The fourth-order valence-electron chi connectivity index (χ4n) is 1.80. The SMILES string of the molecule is CC(C)(C)CCS(=O)(=O)NC(C)(CBr)c1ccccc1. The van der Waals surface area contributed by atoms with Crippen LogP contribution in [0.15, 0.2) is 30.3 Å². The van der Waals surface area contributed by atoms with Gasteiger partial charge in [0.2, 0.25) is 10.0 Å². The van der Waals surface area contributed by atoms with E-state index in [4.69, 9.17) is 0 Å². The molecule has 0 aliphatic heterocycles. The lowest BCUT2D eigenvalue weighted by atomic mass is 9.94. The van der Waals surface area contributed by atoms with Crippen LogP contribution in [0.2, 0.25) is 0 Å². The fraction of sp³-hybridized carbons (Fsp3) is 0.600. The summed E-state index contributed by atoms with van der Waals surface area (Å²) in [6.07, 6.45) is 0.634. The standard InChI is InChI=1S/C15H24BrNO2S/c1-14(2,3)10-11-20(18,19)17-15(4,12-16)13-8-6-5-7-9-13/h5-9,17H,10-12H2,1-4H3. The van der Waals surface area contributed by atoms with E-state index in [1.54, 1.807) is 0 Å². The van der Waals surface area contributed by atoms with Gasteiger partial charge in [-0.3, -0.25) is 0 Å². The predicted molar refractivity (Wildman–Crippen MR) is 88.6 cm³/mol. The van der Waals surface area contributed by atoms with Crippen LogP contribution in [0.4, 0.5) is 0 Å². The second-order valence-corrected chi connectivity index (χ2v) is 8.97. The van der Waals surface area contributed by atoms with E-state index in [0.717, 1.165) is 5.56 Å². The van der Waals surface area contributed by atoms with E-state index < -0.39 is 15.6 Å². The largest absolute Gasteiger partial charge is 0.212 e. The van der Waals surface area contributed by atoms with E-state index >= 15 is 0 Å². The van der Waals surface area contributed by atoms with Crippen LogP contribution >= 0.6 is 15.9 Å². The molecular weight excluding hydrogens is 338 g/mol. The maximum atomic E-state index is 12.3. The Labute approximate surface area is 131 Å². The van der Waals surface area contributed by atoms with E-state index in [2.05, 4.69) is 20.7 Å². The number of hydrogen-bond acceptors (Lipinski definition) is 2. The Bertz CT molecular complexity index is 523. The van der Waals surface area contributed by atoms with E-state index in [1.807, 2.05) is 58.0 Å². The molecule has 0 heterocycles. The quantitative estimate of drug-likeness (QED) is 0.785. The third-order valence-corrected chi connectivity index (χ3v) is 5.80. The number of hydrogen-bond donors (Lipinski definition) is 1. The fourth-order valence-corrected chi connectivity index (χ4v) is 4.31. The molecule has 5 heteroatoms.